The molecule has 25 heavy (non-hydrogen) atoms. The monoisotopic (exact) mass is 351 g/mol. The topological polar surface area (TPSA) is 26.3 Å². The van der Waals surface area contributed by atoms with Crippen molar-refractivity contribution in [3.63, 3.8) is 0 Å². The standard InChI is InChI=1S/C22H22O2P/c1-2-24-22(23)18-25(19-12-6-3-7-13-19,20-14-8-4-9-15-20)21-16-10-5-11-17-21/h3-17H,2,18H2,1H3/q+1/i18+1,22+1. The molecule has 0 aliphatic heterocycles. The summed E-state index contributed by atoms with van der Waals surface area (Å²) in [6.45, 7) is 2.25. The van der Waals surface area contributed by atoms with Crippen LogP contribution in [0, 0.1) is 0 Å². The first-order chi connectivity index (χ1) is 12.3. The van der Waals surface area contributed by atoms with Crippen LogP contribution in [0.3, 0.4) is 0 Å². The fourth-order valence-electron chi connectivity index (χ4n) is 3.17. The van der Waals surface area contributed by atoms with Crippen LogP contribution in [-0.4, -0.2) is 18.7 Å². The van der Waals surface area contributed by atoms with E-state index in [0.717, 1.165) is 0 Å². The quantitative estimate of drug-likeness (QED) is 0.386. The molecule has 0 saturated heterocycles. The number of hydrogen-bond acceptors (Lipinski definition) is 2. The summed E-state index contributed by atoms with van der Waals surface area (Å²) >= 11 is 0. The average Bonchev–Trinajstić information content (AvgIpc) is 2.68. The van der Waals surface area contributed by atoms with Crippen LogP contribution >= 0.6 is 7.26 Å². The zero-order valence-electron chi connectivity index (χ0n) is 14.3. The second-order valence-electron chi connectivity index (χ2n) is 5.78. The van der Waals surface area contributed by atoms with Crippen LogP contribution in [0.15, 0.2) is 91.0 Å². The summed E-state index contributed by atoms with van der Waals surface area (Å²) in [6, 6.07) is 31.1. The largest absolute Gasteiger partial charge is 0.463 e. The van der Waals surface area contributed by atoms with E-state index in [2.05, 4.69) is 36.4 Å². The van der Waals surface area contributed by atoms with Gasteiger partial charge in [-0.3, -0.25) is 0 Å². The van der Waals surface area contributed by atoms with Gasteiger partial charge in [-0.15, -0.1) is 0 Å². The molecule has 3 aromatic rings. The van der Waals surface area contributed by atoms with Gasteiger partial charge in [0.15, 0.2) is 6.16 Å². The minimum absolute atomic E-state index is 0.146. The summed E-state index contributed by atoms with van der Waals surface area (Å²) in [5.41, 5.74) is 0. The predicted octanol–water partition coefficient (Wildman–Crippen LogP) is 3.54. The molecule has 0 spiro atoms. The van der Waals surface area contributed by atoms with E-state index in [1.165, 1.54) is 15.9 Å². The van der Waals surface area contributed by atoms with Gasteiger partial charge in [-0.1, -0.05) is 54.6 Å². The van der Waals surface area contributed by atoms with Gasteiger partial charge in [0.2, 0.25) is 0 Å². The Balaban J connectivity index is 2.26. The van der Waals surface area contributed by atoms with Crippen LogP contribution in [0.4, 0.5) is 0 Å². The molecule has 0 N–H and O–H groups in total. The van der Waals surface area contributed by atoms with Crippen LogP contribution in [0.25, 0.3) is 0 Å². The molecule has 0 aromatic heterocycles. The summed E-state index contributed by atoms with van der Waals surface area (Å²) in [5.74, 6) is -0.146. The number of carbonyl (C=O) groups excluding carboxylic acids is 1. The first-order valence-corrected chi connectivity index (χ1v) is 10.5. The van der Waals surface area contributed by atoms with E-state index >= 15 is 0 Å². The Hall–Kier alpha value is -2.44. The van der Waals surface area contributed by atoms with Gasteiger partial charge in [-0.05, 0) is 43.3 Å². The van der Waals surface area contributed by atoms with E-state index < -0.39 is 7.26 Å². The maximum Gasteiger partial charge on any atom is 0.345 e. The summed E-state index contributed by atoms with van der Waals surface area (Å²) in [7, 11) is -2.11. The third kappa shape index (κ3) is 3.65. The molecule has 3 aromatic carbocycles. The van der Waals surface area contributed by atoms with Gasteiger partial charge < -0.3 is 4.74 Å². The fraction of sp³-hybridized carbons (Fsp3) is 0.136. The molecular weight excluding hydrogens is 329 g/mol. The molecule has 0 aliphatic rings. The maximum atomic E-state index is 12.6. The minimum Gasteiger partial charge on any atom is -0.463 e. The number of rotatable bonds is 6. The van der Waals surface area contributed by atoms with Crippen LogP contribution in [-0.2, 0) is 9.53 Å². The Kier molecular flexibility index (Phi) is 5.63. The Bertz CT molecular complexity index is 705. The minimum atomic E-state index is -2.11. The van der Waals surface area contributed by atoms with Crippen molar-refractivity contribution in [3.8, 4) is 0 Å². The highest BCUT2D eigenvalue weighted by Crippen LogP contribution is 2.55. The van der Waals surface area contributed by atoms with Crippen molar-refractivity contribution < 1.29 is 9.53 Å². The van der Waals surface area contributed by atoms with Crippen molar-refractivity contribution in [3.05, 3.63) is 91.0 Å². The lowest BCUT2D eigenvalue weighted by Gasteiger charge is -2.26. The van der Waals surface area contributed by atoms with Crippen molar-refractivity contribution in [2.75, 3.05) is 12.8 Å². The van der Waals surface area contributed by atoms with E-state index in [-0.39, 0.29) is 5.97 Å². The van der Waals surface area contributed by atoms with E-state index in [0.29, 0.717) is 12.8 Å². The van der Waals surface area contributed by atoms with Crippen molar-refractivity contribution in [1.29, 1.82) is 0 Å². The first kappa shape index (κ1) is 17.4. The molecule has 0 fully saturated rings. The number of carbonyl (C=O) groups is 1. The van der Waals surface area contributed by atoms with Crippen LogP contribution in [0.5, 0.6) is 0 Å². The molecule has 126 valence electrons. The number of ether oxygens (including phenoxy) is 1. The molecule has 0 bridgehead atoms. The highest BCUT2D eigenvalue weighted by molar-refractivity contribution is 7.96. The van der Waals surface area contributed by atoms with Crippen LogP contribution < -0.4 is 15.9 Å². The molecule has 0 aliphatic carbocycles. The Morgan fingerprint density at radius 2 is 1.08 bits per heavy atom. The molecule has 0 radical (unpaired) electrons. The van der Waals surface area contributed by atoms with Gasteiger partial charge in [0.25, 0.3) is 0 Å². The fourth-order valence-corrected chi connectivity index (χ4v) is 7.13. The first-order valence-electron chi connectivity index (χ1n) is 8.48. The second kappa shape index (κ2) is 8.09. The Morgan fingerprint density at radius 3 is 1.40 bits per heavy atom. The number of benzene rings is 3. The second-order valence-corrected chi connectivity index (χ2v) is 9.26. The van der Waals surface area contributed by atoms with Gasteiger partial charge in [0, 0.05) is 0 Å². The number of hydrogen-bond donors (Lipinski definition) is 0. The van der Waals surface area contributed by atoms with Crippen molar-refractivity contribution in [1.82, 2.24) is 0 Å². The molecule has 0 amide bonds. The van der Waals surface area contributed by atoms with Crippen molar-refractivity contribution in [2.45, 2.75) is 6.92 Å². The smallest absolute Gasteiger partial charge is 0.345 e. The molecule has 3 rings (SSSR count). The zero-order valence-corrected chi connectivity index (χ0v) is 15.2. The molecule has 2 nitrogen and oxygen atoms in total. The average molecular weight is 351 g/mol. The van der Waals surface area contributed by atoms with Gasteiger partial charge in [0.1, 0.15) is 23.2 Å². The highest BCUT2D eigenvalue weighted by atomic mass is 31.2. The summed E-state index contributed by atoms with van der Waals surface area (Å²) in [5, 5.41) is 3.58. The highest BCUT2D eigenvalue weighted by Gasteiger charge is 2.47. The van der Waals surface area contributed by atoms with Crippen molar-refractivity contribution in [2.24, 2.45) is 0 Å². The van der Waals surface area contributed by atoms with Crippen molar-refractivity contribution >= 4 is 29.1 Å². The van der Waals surface area contributed by atoms with Gasteiger partial charge in [0.05, 0.1) is 6.61 Å². The zero-order chi connectivity index (χ0) is 17.5. The van der Waals surface area contributed by atoms with Gasteiger partial charge >= 0.3 is 5.97 Å². The SMILES string of the molecule is CCO[13C](=O)[13CH2][P+](c1ccccc1)(c1ccccc1)c1ccccc1. The molecule has 0 heterocycles. The lowest BCUT2D eigenvalue weighted by molar-refractivity contribution is -0.139. The molecular formula is C22H22O2P+. The van der Waals surface area contributed by atoms with E-state index in [4.69, 9.17) is 4.74 Å². The molecule has 3 heteroatoms. The van der Waals surface area contributed by atoms with E-state index in [9.17, 15) is 4.79 Å². The van der Waals surface area contributed by atoms with Gasteiger partial charge in [-0.2, -0.15) is 0 Å². The molecule has 0 saturated carbocycles. The van der Waals surface area contributed by atoms with E-state index in [1.807, 2.05) is 61.5 Å². The van der Waals surface area contributed by atoms with Crippen LogP contribution in [0.1, 0.15) is 6.92 Å². The number of esters is 1. The maximum absolute atomic E-state index is 12.6. The third-order valence-corrected chi connectivity index (χ3v) is 8.53. The normalized spacial score (nSPS) is 11.1. The van der Waals surface area contributed by atoms with Gasteiger partial charge in [-0.25, -0.2) is 4.79 Å². The van der Waals surface area contributed by atoms with Crippen LogP contribution in [0.2, 0.25) is 0 Å². The van der Waals surface area contributed by atoms with E-state index in [1.54, 1.807) is 0 Å². The Labute approximate surface area is 149 Å². The summed E-state index contributed by atoms with van der Waals surface area (Å²) < 4.78 is 5.35. The molecule has 0 atom stereocenters. The summed E-state index contributed by atoms with van der Waals surface area (Å²) in [6.07, 6.45) is 0.374. The Morgan fingerprint density at radius 1 is 0.720 bits per heavy atom. The lowest BCUT2D eigenvalue weighted by Crippen LogP contribution is -2.36. The molecule has 0 unspecified atom stereocenters. The predicted molar refractivity (Wildman–Crippen MR) is 107 cm³/mol. The summed E-state index contributed by atoms with van der Waals surface area (Å²) in [4.78, 5) is 12.6. The lowest BCUT2D eigenvalue weighted by atomic mass is 10.4. The third-order valence-electron chi connectivity index (χ3n) is 4.26.